The normalized spacial score (nSPS) is 23.2. The van der Waals surface area contributed by atoms with E-state index in [2.05, 4.69) is 4.90 Å². The van der Waals surface area contributed by atoms with Gasteiger partial charge in [-0.15, -0.1) is 0 Å². The van der Waals surface area contributed by atoms with Crippen LogP contribution in [0.25, 0.3) is 0 Å². The first-order valence-electron chi connectivity index (χ1n) is 10.8. The largest absolute Gasteiger partial charge is 0.504 e. The molecule has 30 heavy (non-hydrogen) atoms. The minimum atomic E-state index is -0.561. The number of aliphatic hydroxyl groups excluding tert-OH is 1. The van der Waals surface area contributed by atoms with E-state index in [1.54, 1.807) is 19.2 Å². The van der Waals surface area contributed by atoms with Crippen LogP contribution in [0.3, 0.4) is 0 Å². The Morgan fingerprint density at radius 2 is 2.07 bits per heavy atom. The van der Waals surface area contributed by atoms with E-state index in [-0.39, 0.29) is 48.8 Å². The van der Waals surface area contributed by atoms with Gasteiger partial charge in [0.1, 0.15) is 5.57 Å². The second-order valence-electron chi connectivity index (χ2n) is 8.26. The van der Waals surface area contributed by atoms with Gasteiger partial charge in [-0.1, -0.05) is 6.42 Å². The maximum absolute atomic E-state index is 12.8. The minimum absolute atomic E-state index is 0.0290. The Balaban J connectivity index is 1.69. The predicted octanol–water partition coefficient (Wildman–Crippen LogP) is 2.64. The standard InChI is InChI=1S/C23H29NO6/c1-2-29-23(28)17-13-24-18(14-5-3-6-14)9-15-10-22(30-8-4-7-25)21(27)11-16(15)19(24)12-20(17)26/h10-11,13-14,18-19,25,27H,2-9,12H2,1H3. The summed E-state index contributed by atoms with van der Waals surface area (Å²) in [6.07, 6.45) is 6.62. The molecule has 162 valence electrons. The van der Waals surface area contributed by atoms with Crippen molar-refractivity contribution in [3.63, 3.8) is 0 Å². The van der Waals surface area contributed by atoms with E-state index in [0.717, 1.165) is 30.4 Å². The third kappa shape index (κ3) is 3.78. The lowest BCUT2D eigenvalue weighted by atomic mass is 9.72. The van der Waals surface area contributed by atoms with Crippen molar-refractivity contribution in [1.29, 1.82) is 0 Å². The molecule has 2 atom stereocenters. The third-order valence-electron chi connectivity index (χ3n) is 6.46. The van der Waals surface area contributed by atoms with Gasteiger partial charge in [-0.05, 0) is 55.4 Å². The molecule has 7 nitrogen and oxygen atoms in total. The van der Waals surface area contributed by atoms with Gasteiger partial charge >= 0.3 is 5.97 Å². The zero-order valence-electron chi connectivity index (χ0n) is 17.3. The molecule has 2 heterocycles. The van der Waals surface area contributed by atoms with Crippen LogP contribution in [0.5, 0.6) is 11.5 Å². The summed E-state index contributed by atoms with van der Waals surface area (Å²) in [6, 6.07) is 3.56. The van der Waals surface area contributed by atoms with E-state index >= 15 is 0 Å². The first kappa shape index (κ1) is 20.7. The number of fused-ring (bicyclic) bond motifs is 3. The Hall–Kier alpha value is -2.54. The molecule has 2 unspecified atom stereocenters. The van der Waals surface area contributed by atoms with Gasteiger partial charge in [0.25, 0.3) is 0 Å². The molecule has 0 radical (unpaired) electrons. The molecule has 1 aromatic carbocycles. The topological polar surface area (TPSA) is 96.3 Å². The minimum Gasteiger partial charge on any atom is -0.504 e. The van der Waals surface area contributed by atoms with Crippen LogP contribution in [-0.2, 0) is 20.7 Å². The molecule has 1 fully saturated rings. The van der Waals surface area contributed by atoms with Gasteiger partial charge in [0, 0.05) is 31.7 Å². The van der Waals surface area contributed by atoms with Crippen molar-refractivity contribution in [3.8, 4) is 11.5 Å². The van der Waals surface area contributed by atoms with Gasteiger partial charge in [-0.25, -0.2) is 4.79 Å². The first-order valence-corrected chi connectivity index (χ1v) is 10.8. The van der Waals surface area contributed by atoms with Gasteiger partial charge in [-0.3, -0.25) is 4.79 Å². The molecule has 1 aromatic rings. The highest BCUT2D eigenvalue weighted by molar-refractivity contribution is 6.17. The lowest BCUT2D eigenvalue weighted by Crippen LogP contribution is -2.49. The predicted molar refractivity (Wildman–Crippen MR) is 109 cm³/mol. The average molecular weight is 415 g/mol. The Bertz CT molecular complexity index is 859. The number of ether oxygens (including phenoxy) is 2. The summed E-state index contributed by atoms with van der Waals surface area (Å²) >= 11 is 0. The van der Waals surface area contributed by atoms with Crippen molar-refractivity contribution < 1.29 is 29.3 Å². The Morgan fingerprint density at radius 3 is 2.73 bits per heavy atom. The molecule has 1 aliphatic carbocycles. The summed E-state index contributed by atoms with van der Waals surface area (Å²) in [5, 5.41) is 19.4. The maximum Gasteiger partial charge on any atom is 0.343 e. The van der Waals surface area contributed by atoms with Crippen molar-refractivity contribution in [2.75, 3.05) is 19.8 Å². The van der Waals surface area contributed by atoms with Crippen LogP contribution < -0.4 is 4.74 Å². The molecule has 7 heteroatoms. The number of rotatable bonds is 7. The number of benzene rings is 1. The van der Waals surface area contributed by atoms with Crippen LogP contribution in [0.15, 0.2) is 23.9 Å². The maximum atomic E-state index is 12.8. The molecule has 4 rings (SSSR count). The van der Waals surface area contributed by atoms with E-state index < -0.39 is 5.97 Å². The summed E-state index contributed by atoms with van der Waals surface area (Å²) in [5.41, 5.74) is 2.10. The summed E-state index contributed by atoms with van der Waals surface area (Å²) in [5.74, 6) is 0.169. The average Bonchev–Trinajstić information content (AvgIpc) is 2.67. The molecule has 0 bridgehead atoms. The fourth-order valence-corrected chi connectivity index (χ4v) is 4.72. The molecule has 0 amide bonds. The van der Waals surface area contributed by atoms with Crippen molar-refractivity contribution in [3.05, 3.63) is 35.0 Å². The van der Waals surface area contributed by atoms with Gasteiger partial charge in [0.2, 0.25) is 0 Å². The van der Waals surface area contributed by atoms with Gasteiger partial charge < -0.3 is 24.6 Å². The second kappa shape index (κ2) is 8.68. The highest BCUT2D eigenvalue weighted by Crippen LogP contribution is 2.47. The zero-order valence-corrected chi connectivity index (χ0v) is 17.3. The SMILES string of the molecule is CCOC(=O)C1=CN2C(CC1=O)c1cc(O)c(OCCCO)cc1CC2C1CCC1. The Labute approximate surface area is 176 Å². The van der Waals surface area contributed by atoms with E-state index in [0.29, 0.717) is 24.7 Å². The molecule has 2 N–H and O–H groups in total. The smallest absolute Gasteiger partial charge is 0.343 e. The van der Waals surface area contributed by atoms with E-state index in [1.165, 1.54) is 6.42 Å². The van der Waals surface area contributed by atoms with Crippen LogP contribution in [0.2, 0.25) is 0 Å². The number of esters is 1. The molecule has 0 aromatic heterocycles. The number of carbonyl (C=O) groups excluding carboxylic acids is 2. The lowest BCUT2D eigenvalue weighted by molar-refractivity contribution is -0.140. The molecule has 2 aliphatic heterocycles. The number of phenols is 1. The van der Waals surface area contributed by atoms with Crippen LogP contribution >= 0.6 is 0 Å². The number of hydrogen-bond acceptors (Lipinski definition) is 7. The fraction of sp³-hybridized carbons (Fsp3) is 0.565. The number of hydrogen-bond donors (Lipinski definition) is 2. The van der Waals surface area contributed by atoms with Gasteiger partial charge in [0.15, 0.2) is 17.3 Å². The molecule has 0 saturated heterocycles. The molecule has 0 spiro atoms. The number of Topliss-reactive ketones (excluding diaryl/α,β-unsaturated/α-hetero) is 1. The van der Waals surface area contributed by atoms with Crippen LogP contribution in [-0.4, -0.2) is 52.7 Å². The summed E-state index contributed by atoms with van der Waals surface area (Å²) < 4.78 is 10.7. The van der Waals surface area contributed by atoms with E-state index in [1.807, 2.05) is 6.07 Å². The fourth-order valence-electron chi connectivity index (χ4n) is 4.72. The lowest BCUT2D eigenvalue weighted by Gasteiger charge is -2.50. The van der Waals surface area contributed by atoms with Gasteiger partial charge in [0.05, 0.1) is 19.3 Å². The number of carbonyl (C=O) groups is 2. The number of phenolic OH excluding ortho intramolecular Hbond substituents is 1. The van der Waals surface area contributed by atoms with Crippen molar-refractivity contribution in [2.45, 2.75) is 57.5 Å². The molecule has 1 saturated carbocycles. The third-order valence-corrected chi connectivity index (χ3v) is 6.46. The number of aromatic hydroxyl groups is 1. The quantitative estimate of drug-likeness (QED) is 0.401. The Morgan fingerprint density at radius 1 is 1.27 bits per heavy atom. The highest BCUT2D eigenvalue weighted by Gasteiger charge is 2.43. The number of aliphatic hydroxyl groups is 1. The molecular formula is C23H29NO6. The molecule has 3 aliphatic rings. The van der Waals surface area contributed by atoms with E-state index in [4.69, 9.17) is 14.6 Å². The summed E-state index contributed by atoms with van der Waals surface area (Å²) in [6.45, 7) is 2.32. The van der Waals surface area contributed by atoms with Gasteiger partial charge in [-0.2, -0.15) is 0 Å². The van der Waals surface area contributed by atoms with Crippen LogP contribution in [0.4, 0.5) is 0 Å². The Kier molecular flexibility index (Phi) is 5.99. The summed E-state index contributed by atoms with van der Waals surface area (Å²) in [7, 11) is 0. The monoisotopic (exact) mass is 415 g/mol. The molecular weight excluding hydrogens is 386 g/mol. The van der Waals surface area contributed by atoms with Crippen molar-refractivity contribution >= 4 is 11.8 Å². The number of ketones is 1. The first-order chi connectivity index (χ1) is 14.5. The van der Waals surface area contributed by atoms with Crippen LogP contribution in [0, 0.1) is 5.92 Å². The second-order valence-corrected chi connectivity index (χ2v) is 8.26. The van der Waals surface area contributed by atoms with E-state index in [9.17, 15) is 14.7 Å². The highest BCUT2D eigenvalue weighted by atomic mass is 16.5. The van der Waals surface area contributed by atoms with Crippen molar-refractivity contribution in [2.24, 2.45) is 5.92 Å². The number of nitrogens with zero attached hydrogens (tertiary/aromatic N) is 1. The summed E-state index contributed by atoms with van der Waals surface area (Å²) in [4.78, 5) is 27.2. The van der Waals surface area contributed by atoms with Crippen molar-refractivity contribution in [1.82, 2.24) is 4.90 Å². The zero-order chi connectivity index (χ0) is 21.3. The van der Waals surface area contributed by atoms with Crippen LogP contribution in [0.1, 0.15) is 56.2 Å².